The number of aromatic nitrogens is 1. The third kappa shape index (κ3) is 3.19. The van der Waals surface area contributed by atoms with Gasteiger partial charge >= 0.3 is 5.97 Å². The molecule has 21 heavy (non-hydrogen) atoms. The van der Waals surface area contributed by atoms with E-state index in [1.807, 2.05) is 0 Å². The lowest BCUT2D eigenvalue weighted by Gasteiger charge is -2.07. The van der Waals surface area contributed by atoms with Crippen molar-refractivity contribution in [2.75, 3.05) is 5.32 Å². The number of anilines is 1. The predicted octanol–water partition coefficient (Wildman–Crippen LogP) is 2.62. The number of carboxylic acid groups (broad SMARTS) is 1. The van der Waals surface area contributed by atoms with Gasteiger partial charge in [0.25, 0.3) is 5.91 Å². The minimum absolute atomic E-state index is 0.0405. The second-order valence-electron chi connectivity index (χ2n) is 4.25. The van der Waals surface area contributed by atoms with Gasteiger partial charge in [-0.3, -0.25) is 4.79 Å². The highest BCUT2D eigenvalue weighted by Gasteiger charge is 2.15. The summed E-state index contributed by atoms with van der Waals surface area (Å²) >= 11 is 0. The summed E-state index contributed by atoms with van der Waals surface area (Å²) in [6, 6.07) is 5.68. The largest absolute Gasteiger partial charge is 0.477 e. The fourth-order valence-electron chi connectivity index (χ4n) is 1.64. The number of carboxylic acids is 1. The molecular formula is C14H10F2N2O3. The standard InChI is InChI=1S/C14H10F2N2O3/c1-7-5-8(10(16)6-9(7)15)13(19)18-12-4-2-3-11(17-12)14(20)21/h2-6H,1H3,(H,20,21)(H,17,18,19). The fraction of sp³-hybridized carbons (Fsp3) is 0.0714. The summed E-state index contributed by atoms with van der Waals surface area (Å²) in [5.41, 5.74) is -0.492. The maximum absolute atomic E-state index is 13.6. The number of nitrogens with one attached hydrogen (secondary N) is 1. The van der Waals surface area contributed by atoms with Crippen LogP contribution in [-0.4, -0.2) is 22.0 Å². The monoisotopic (exact) mass is 292 g/mol. The highest BCUT2D eigenvalue weighted by atomic mass is 19.1. The second-order valence-corrected chi connectivity index (χ2v) is 4.25. The number of carbonyl (C=O) groups excluding carboxylic acids is 1. The van der Waals surface area contributed by atoms with Crippen molar-refractivity contribution >= 4 is 17.7 Å². The van der Waals surface area contributed by atoms with Crippen molar-refractivity contribution in [1.82, 2.24) is 4.98 Å². The van der Waals surface area contributed by atoms with Crippen molar-refractivity contribution in [1.29, 1.82) is 0 Å². The first-order chi connectivity index (χ1) is 9.88. The predicted molar refractivity (Wildman–Crippen MR) is 70.2 cm³/mol. The SMILES string of the molecule is Cc1cc(C(=O)Nc2cccc(C(=O)O)n2)c(F)cc1F. The van der Waals surface area contributed by atoms with E-state index in [1.165, 1.54) is 25.1 Å². The van der Waals surface area contributed by atoms with Crippen LogP contribution < -0.4 is 5.32 Å². The maximum Gasteiger partial charge on any atom is 0.354 e. The number of halogens is 2. The molecule has 0 aliphatic heterocycles. The molecule has 0 fully saturated rings. The molecule has 0 unspecified atom stereocenters. The van der Waals surface area contributed by atoms with Crippen molar-refractivity contribution in [2.45, 2.75) is 6.92 Å². The number of rotatable bonds is 3. The molecule has 0 saturated carbocycles. The number of aromatic carboxylic acids is 1. The van der Waals surface area contributed by atoms with E-state index < -0.39 is 23.5 Å². The van der Waals surface area contributed by atoms with Crippen molar-refractivity contribution in [3.8, 4) is 0 Å². The first-order valence-corrected chi connectivity index (χ1v) is 5.86. The van der Waals surface area contributed by atoms with Gasteiger partial charge in [-0.1, -0.05) is 6.07 Å². The lowest BCUT2D eigenvalue weighted by Crippen LogP contribution is -2.16. The minimum atomic E-state index is -1.25. The molecule has 0 radical (unpaired) electrons. The number of benzene rings is 1. The molecule has 1 aromatic carbocycles. The molecule has 0 atom stereocenters. The van der Waals surface area contributed by atoms with Crippen LogP contribution in [0, 0.1) is 18.6 Å². The summed E-state index contributed by atoms with van der Waals surface area (Å²) in [4.78, 5) is 26.4. The summed E-state index contributed by atoms with van der Waals surface area (Å²) in [6.45, 7) is 1.40. The van der Waals surface area contributed by atoms with Gasteiger partial charge in [0.1, 0.15) is 17.5 Å². The zero-order valence-electron chi connectivity index (χ0n) is 10.9. The number of nitrogens with zero attached hydrogens (tertiary/aromatic N) is 1. The average molecular weight is 292 g/mol. The van der Waals surface area contributed by atoms with Gasteiger partial charge in [0.15, 0.2) is 5.69 Å². The Morgan fingerprint density at radius 1 is 1.19 bits per heavy atom. The van der Waals surface area contributed by atoms with E-state index in [0.717, 1.165) is 6.07 Å². The number of carbonyl (C=O) groups is 2. The summed E-state index contributed by atoms with van der Waals surface area (Å²) in [6.07, 6.45) is 0. The van der Waals surface area contributed by atoms with Crippen LogP contribution in [0.15, 0.2) is 30.3 Å². The van der Waals surface area contributed by atoms with E-state index in [0.29, 0.717) is 6.07 Å². The lowest BCUT2D eigenvalue weighted by atomic mass is 10.1. The first-order valence-electron chi connectivity index (χ1n) is 5.86. The number of hydrogen-bond acceptors (Lipinski definition) is 3. The zero-order chi connectivity index (χ0) is 15.6. The molecular weight excluding hydrogens is 282 g/mol. The van der Waals surface area contributed by atoms with Gasteiger partial charge in [-0.15, -0.1) is 0 Å². The van der Waals surface area contributed by atoms with Crippen LogP contribution in [0.1, 0.15) is 26.4 Å². The molecule has 1 aromatic heterocycles. The Balaban J connectivity index is 2.28. The summed E-state index contributed by atoms with van der Waals surface area (Å²) in [5, 5.41) is 11.1. The molecule has 0 aliphatic carbocycles. The third-order valence-corrected chi connectivity index (χ3v) is 2.70. The molecule has 2 aromatic rings. The Kier molecular flexibility index (Phi) is 3.93. The number of pyridine rings is 1. The van der Waals surface area contributed by atoms with Gasteiger partial charge < -0.3 is 10.4 Å². The average Bonchev–Trinajstić information content (AvgIpc) is 2.43. The number of aryl methyl sites for hydroxylation is 1. The number of hydrogen-bond donors (Lipinski definition) is 2. The van der Waals surface area contributed by atoms with Gasteiger partial charge in [-0.05, 0) is 30.7 Å². The van der Waals surface area contributed by atoms with E-state index in [1.54, 1.807) is 0 Å². The first kappa shape index (κ1) is 14.6. The van der Waals surface area contributed by atoms with Crippen LogP contribution in [0.25, 0.3) is 0 Å². The third-order valence-electron chi connectivity index (χ3n) is 2.70. The Hall–Kier alpha value is -2.83. The van der Waals surface area contributed by atoms with E-state index in [2.05, 4.69) is 10.3 Å². The van der Waals surface area contributed by atoms with Crippen LogP contribution in [0.4, 0.5) is 14.6 Å². The van der Waals surface area contributed by atoms with Gasteiger partial charge in [0.05, 0.1) is 5.56 Å². The van der Waals surface area contributed by atoms with Crippen molar-refractivity contribution in [3.05, 3.63) is 58.8 Å². The van der Waals surface area contributed by atoms with Gasteiger partial charge in [-0.25, -0.2) is 18.6 Å². The van der Waals surface area contributed by atoms with Crippen molar-refractivity contribution in [3.63, 3.8) is 0 Å². The van der Waals surface area contributed by atoms with E-state index in [9.17, 15) is 18.4 Å². The molecule has 2 rings (SSSR count). The van der Waals surface area contributed by atoms with E-state index in [-0.39, 0.29) is 22.6 Å². The zero-order valence-corrected chi connectivity index (χ0v) is 10.9. The van der Waals surface area contributed by atoms with Gasteiger partial charge in [0, 0.05) is 6.07 Å². The quantitative estimate of drug-likeness (QED) is 0.911. The van der Waals surface area contributed by atoms with Crippen LogP contribution in [0.5, 0.6) is 0 Å². The summed E-state index contributed by atoms with van der Waals surface area (Å²) in [7, 11) is 0. The number of amides is 1. The molecule has 1 heterocycles. The maximum atomic E-state index is 13.6. The van der Waals surface area contributed by atoms with E-state index >= 15 is 0 Å². The highest BCUT2D eigenvalue weighted by Crippen LogP contribution is 2.16. The van der Waals surface area contributed by atoms with E-state index in [4.69, 9.17) is 5.11 Å². The fourth-order valence-corrected chi connectivity index (χ4v) is 1.64. The molecule has 5 nitrogen and oxygen atoms in total. The Morgan fingerprint density at radius 2 is 1.90 bits per heavy atom. The van der Waals surface area contributed by atoms with Crippen LogP contribution in [-0.2, 0) is 0 Å². The Bertz CT molecular complexity index is 732. The Morgan fingerprint density at radius 3 is 2.57 bits per heavy atom. The summed E-state index contributed by atoms with van der Waals surface area (Å²) < 4.78 is 26.7. The smallest absolute Gasteiger partial charge is 0.354 e. The van der Waals surface area contributed by atoms with Crippen LogP contribution in [0.3, 0.4) is 0 Å². The van der Waals surface area contributed by atoms with Crippen molar-refractivity contribution in [2.24, 2.45) is 0 Å². The summed E-state index contributed by atoms with van der Waals surface area (Å²) in [5.74, 6) is -3.90. The minimum Gasteiger partial charge on any atom is -0.477 e. The normalized spacial score (nSPS) is 10.2. The molecule has 1 amide bonds. The second kappa shape index (κ2) is 5.66. The topological polar surface area (TPSA) is 79.3 Å². The molecule has 7 heteroatoms. The molecule has 108 valence electrons. The van der Waals surface area contributed by atoms with Crippen LogP contribution in [0.2, 0.25) is 0 Å². The van der Waals surface area contributed by atoms with Gasteiger partial charge in [-0.2, -0.15) is 0 Å². The highest BCUT2D eigenvalue weighted by molar-refractivity contribution is 6.04. The molecule has 0 spiro atoms. The molecule has 0 saturated heterocycles. The molecule has 2 N–H and O–H groups in total. The van der Waals surface area contributed by atoms with Gasteiger partial charge in [0.2, 0.25) is 0 Å². The molecule has 0 aliphatic rings. The van der Waals surface area contributed by atoms with Crippen molar-refractivity contribution < 1.29 is 23.5 Å². The van der Waals surface area contributed by atoms with Crippen LogP contribution >= 0.6 is 0 Å². The Labute approximate surface area is 118 Å². The lowest BCUT2D eigenvalue weighted by molar-refractivity contribution is 0.0690. The molecule has 0 bridgehead atoms.